The number of guanidine groups is 1. The van der Waals surface area contributed by atoms with Crippen LogP contribution in [0, 0.1) is 5.92 Å². The molecule has 6 heteroatoms. The Morgan fingerprint density at radius 3 is 2.61 bits per heavy atom. The van der Waals surface area contributed by atoms with Gasteiger partial charge in [0.25, 0.3) is 0 Å². The summed E-state index contributed by atoms with van der Waals surface area (Å²) in [4.78, 5) is 9.29. The highest BCUT2D eigenvalue weighted by Crippen LogP contribution is 2.16. The molecule has 1 saturated heterocycles. The van der Waals surface area contributed by atoms with Gasteiger partial charge in [-0.3, -0.25) is 4.99 Å². The summed E-state index contributed by atoms with van der Waals surface area (Å²) in [5.74, 6) is 1.65. The van der Waals surface area contributed by atoms with Crippen LogP contribution >= 0.6 is 0 Å². The highest BCUT2D eigenvalue weighted by atomic mass is 16.5. The molecule has 158 valence electrons. The maximum Gasteiger partial charge on any atom is 0.190 e. The molecule has 1 aliphatic heterocycles. The second kappa shape index (κ2) is 13.4. The number of methoxy groups -OCH3 is 1. The molecule has 1 aliphatic rings. The van der Waals surface area contributed by atoms with E-state index < -0.39 is 0 Å². The van der Waals surface area contributed by atoms with Gasteiger partial charge in [-0.05, 0) is 57.3 Å². The van der Waals surface area contributed by atoms with Gasteiger partial charge in [0.2, 0.25) is 0 Å². The van der Waals surface area contributed by atoms with Crippen molar-refractivity contribution in [1.29, 1.82) is 0 Å². The van der Waals surface area contributed by atoms with Crippen LogP contribution in [-0.2, 0) is 4.74 Å². The number of nitrogens with zero attached hydrogens (tertiary/aromatic N) is 3. The monoisotopic (exact) mass is 389 g/mol. The third-order valence-corrected chi connectivity index (χ3v) is 5.50. The molecule has 0 aliphatic carbocycles. The Morgan fingerprint density at radius 1 is 1.21 bits per heavy atom. The van der Waals surface area contributed by atoms with Crippen molar-refractivity contribution in [3.05, 3.63) is 30.3 Å². The summed E-state index contributed by atoms with van der Waals surface area (Å²) in [6.07, 6.45) is 3.58. The van der Waals surface area contributed by atoms with Gasteiger partial charge in [0, 0.05) is 52.6 Å². The van der Waals surface area contributed by atoms with Crippen LogP contribution in [-0.4, -0.2) is 77.4 Å². The van der Waals surface area contributed by atoms with Crippen molar-refractivity contribution < 1.29 is 4.74 Å². The van der Waals surface area contributed by atoms with Crippen molar-refractivity contribution >= 4 is 11.6 Å². The van der Waals surface area contributed by atoms with Crippen molar-refractivity contribution in [2.75, 3.05) is 71.5 Å². The maximum absolute atomic E-state index is 5.18. The third-order valence-electron chi connectivity index (χ3n) is 5.50. The minimum absolute atomic E-state index is 0.728. The molecule has 28 heavy (non-hydrogen) atoms. The molecule has 1 fully saturated rings. The lowest BCUT2D eigenvalue weighted by Crippen LogP contribution is -2.43. The fourth-order valence-electron chi connectivity index (χ4n) is 3.68. The minimum Gasteiger partial charge on any atom is -0.383 e. The predicted octanol–water partition coefficient (Wildman–Crippen LogP) is 2.43. The number of nitrogens with one attached hydrogen (secondary N) is 2. The third kappa shape index (κ3) is 8.07. The van der Waals surface area contributed by atoms with Crippen LogP contribution in [0.4, 0.5) is 5.69 Å². The van der Waals surface area contributed by atoms with Gasteiger partial charge >= 0.3 is 0 Å². The average Bonchev–Trinajstić information content (AvgIpc) is 2.75. The molecular formula is C22H39N5O. The Morgan fingerprint density at radius 2 is 1.96 bits per heavy atom. The predicted molar refractivity (Wildman–Crippen MR) is 119 cm³/mol. The van der Waals surface area contributed by atoms with E-state index in [2.05, 4.69) is 62.7 Å². The first-order valence-electron chi connectivity index (χ1n) is 10.7. The summed E-state index contributed by atoms with van der Waals surface area (Å²) in [6, 6.07) is 10.6. The van der Waals surface area contributed by atoms with Gasteiger partial charge in [-0.25, -0.2) is 0 Å². The van der Waals surface area contributed by atoms with Crippen molar-refractivity contribution in [3.8, 4) is 0 Å². The molecule has 2 N–H and O–H groups in total. The molecule has 1 aromatic rings. The van der Waals surface area contributed by atoms with Gasteiger partial charge in [0.05, 0.1) is 6.61 Å². The maximum atomic E-state index is 5.18. The number of hydrogen-bond acceptors (Lipinski definition) is 4. The van der Waals surface area contributed by atoms with Crippen LogP contribution in [0.2, 0.25) is 0 Å². The minimum atomic E-state index is 0.728. The van der Waals surface area contributed by atoms with Crippen LogP contribution in [0.5, 0.6) is 0 Å². The summed E-state index contributed by atoms with van der Waals surface area (Å²) in [7, 11) is 3.63. The van der Waals surface area contributed by atoms with Gasteiger partial charge in [-0.15, -0.1) is 0 Å². The second-order valence-corrected chi connectivity index (χ2v) is 7.43. The Kier molecular flexibility index (Phi) is 10.8. The highest BCUT2D eigenvalue weighted by Gasteiger charge is 2.18. The summed E-state index contributed by atoms with van der Waals surface area (Å²) in [6.45, 7) is 10.5. The molecule has 0 spiro atoms. The number of para-hydroxylation sites is 1. The van der Waals surface area contributed by atoms with Crippen LogP contribution in [0.25, 0.3) is 0 Å². The van der Waals surface area contributed by atoms with Crippen molar-refractivity contribution in [1.82, 2.24) is 15.5 Å². The lowest BCUT2D eigenvalue weighted by atomic mass is 9.97. The zero-order valence-electron chi connectivity index (χ0n) is 18.0. The molecule has 2 rings (SSSR count). The first kappa shape index (κ1) is 22.5. The summed E-state index contributed by atoms with van der Waals surface area (Å²) >= 11 is 0. The molecule has 0 atom stereocenters. The van der Waals surface area contributed by atoms with Crippen LogP contribution in [0.1, 0.15) is 26.2 Å². The van der Waals surface area contributed by atoms with E-state index in [9.17, 15) is 0 Å². The van der Waals surface area contributed by atoms with Gasteiger partial charge in [-0.1, -0.05) is 18.2 Å². The molecule has 0 saturated carbocycles. The number of benzene rings is 1. The van der Waals surface area contributed by atoms with Crippen molar-refractivity contribution in [3.63, 3.8) is 0 Å². The molecule has 6 nitrogen and oxygen atoms in total. The first-order chi connectivity index (χ1) is 13.8. The normalized spacial score (nSPS) is 16.2. The van der Waals surface area contributed by atoms with E-state index in [-0.39, 0.29) is 0 Å². The molecule has 1 heterocycles. The van der Waals surface area contributed by atoms with E-state index >= 15 is 0 Å². The Labute approximate surface area is 171 Å². The summed E-state index contributed by atoms with van der Waals surface area (Å²) < 4.78 is 5.18. The van der Waals surface area contributed by atoms with E-state index in [0.29, 0.717) is 0 Å². The molecule has 0 bridgehead atoms. The molecule has 0 radical (unpaired) electrons. The Hall–Kier alpha value is -1.79. The summed E-state index contributed by atoms with van der Waals surface area (Å²) in [5.41, 5.74) is 1.30. The van der Waals surface area contributed by atoms with Crippen LogP contribution in [0.15, 0.2) is 35.3 Å². The first-order valence-corrected chi connectivity index (χ1v) is 10.7. The number of ether oxygens (including phenoxy) is 1. The quantitative estimate of drug-likeness (QED) is 0.346. The van der Waals surface area contributed by atoms with Crippen molar-refractivity contribution in [2.24, 2.45) is 10.9 Å². The van der Waals surface area contributed by atoms with Crippen molar-refractivity contribution in [2.45, 2.75) is 26.2 Å². The summed E-state index contributed by atoms with van der Waals surface area (Å²) in [5, 5.41) is 6.97. The van der Waals surface area contributed by atoms with E-state index in [0.717, 1.165) is 57.6 Å². The second-order valence-electron chi connectivity index (χ2n) is 7.43. The van der Waals surface area contributed by atoms with E-state index in [1.165, 1.54) is 31.6 Å². The number of anilines is 1. The number of hydrogen-bond donors (Lipinski definition) is 2. The standard InChI is InChI=1S/C22H39N5O/c1-4-27(21-9-6-5-7-10-21)14-8-13-24-22(23-2)25-19-20-11-15-26(16-12-20)17-18-28-3/h5-7,9-10,20H,4,8,11-19H2,1-3H3,(H2,23,24,25). The van der Waals surface area contributed by atoms with Gasteiger partial charge in [0.1, 0.15) is 0 Å². The zero-order chi connectivity index (χ0) is 20.0. The number of aliphatic imine (C=N–C) groups is 1. The van der Waals surface area contributed by atoms with Crippen LogP contribution in [0.3, 0.4) is 0 Å². The molecule has 0 unspecified atom stereocenters. The van der Waals surface area contributed by atoms with Crippen LogP contribution < -0.4 is 15.5 Å². The lowest BCUT2D eigenvalue weighted by Gasteiger charge is -2.32. The topological polar surface area (TPSA) is 52.1 Å². The Bertz CT molecular complexity index is 543. The smallest absolute Gasteiger partial charge is 0.190 e. The van der Waals surface area contributed by atoms with Gasteiger partial charge in [-0.2, -0.15) is 0 Å². The average molecular weight is 390 g/mol. The lowest BCUT2D eigenvalue weighted by molar-refractivity contribution is 0.121. The molecule has 0 aromatic heterocycles. The number of rotatable bonds is 11. The number of likely N-dealkylation sites (tertiary alicyclic amines) is 1. The van der Waals surface area contributed by atoms with Gasteiger partial charge < -0.3 is 25.2 Å². The molecule has 0 amide bonds. The number of piperidine rings is 1. The molecular weight excluding hydrogens is 350 g/mol. The highest BCUT2D eigenvalue weighted by molar-refractivity contribution is 5.79. The van der Waals surface area contributed by atoms with E-state index in [1.807, 2.05) is 7.05 Å². The molecule has 1 aromatic carbocycles. The van der Waals surface area contributed by atoms with E-state index in [4.69, 9.17) is 4.74 Å². The fourth-order valence-corrected chi connectivity index (χ4v) is 3.68. The largest absolute Gasteiger partial charge is 0.383 e. The van der Waals surface area contributed by atoms with Gasteiger partial charge in [0.15, 0.2) is 5.96 Å². The Balaban J connectivity index is 1.60. The fraction of sp³-hybridized carbons (Fsp3) is 0.682. The van der Waals surface area contributed by atoms with E-state index in [1.54, 1.807) is 7.11 Å². The SMILES string of the molecule is CCN(CCCNC(=NC)NCC1CCN(CCOC)CC1)c1ccccc1. The zero-order valence-corrected chi connectivity index (χ0v) is 18.0.